The Kier molecular flexibility index (Phi) is 7.67. The van der Waals surface area contributed by atoms with Crippen LogP contribution in [0.25, 0.3) is 0 Å². The highest BCUT2D eigenvalue weighted by Crippen LogP contribution is 2.53. The maximum Gasteiger partial charge on any atom is 0.251 e. The fraction of sp³-hybridized carbons (Fsp3) is 0.903. The molecule has 38 heavy (non-hydrogen) atoms. The van der Waals surface area contributed by atoms with Crippen molar-refractivity contribution in [1.82, 2.24) is 10.2 Å². The van der Waals surface area contributed by atoms with Gasteiger partial charge in [-0.05, 0) is 101 Å². The average Bonchev–Trinajstić information content (AvgIpc) is 2.92. The van der Waals surface area contributed by atoms with Gasteiger partial charge in [-0.1, -0.05) is 30.9 Å². The van der Waals surface area contributed by atoms with Crippen molar-refractivity contribution < 1.29 is 8.78 Å². The Morgan fingerprint density at radius 1 is 0.947 bits per heavy atom. The summed E-state index contributed by atoms with van der Waals surface area (Å²) in [5.41, 5.74) is 14.2. The Balaban J connectivity index is 1.19. The first-order chi connectivity index (χ1) is 18.2. The normalized spacial score (nSPS) is 41.5. The molecule has 0 aromatic heterocycles. The van der Waals surface area contributed by atoms with Gasteiger partial charge in [-0.2, -0.15) is 0 Å². The quantitative estimate of drug-likeness (QED) is 0.201. The number of hydrogen-bond acceptors (Lipinski definition) is 4. The van der Waals surface area contributed by atoms with Gasteiger partial charge in [-0.3, -0.25) is 5.41 Å². The summed E-state index contributed by atoms with van der Waals surface area (Å²) in [7, 11) is 0. The van der Waals surface area contributed by atoms with Crippen LogP contribution in [0.5, 0.6) is 0 Å². The van der Waals surface area contributed by atoms with E-state index >= 15 is 0 Å². The number of halogens is 2. The largest absolute Gasteiger partial charge is 0.340 e. The van der Waals surface area contributed by atoms with Gasteiger partial charge in [0.05, 0.1) is 6.17 Å². The van der Waals surface area contributed by atoms with Crippen LogP contribution >= 0.6 is 0 Å². The van der Waals surface area contributed by atoms with E-state index in [2.05, 4.69) is 16.3 Å². The zero-order chi connectivity index (χ0) is 26.5. The minimum absolute atomic E-state index is 0.0400. The summed E-state index contributed by atoms with van der Waals surface area (Å²) in [4.78, 5) is 2.36. The number of likely N-dealkylation sites (tertiary alicyclic amines) is 1. The second kappa shape index (κ2) is 10.7. The van der Waals surface area contributed by atoms with Gasteiger partial charge in [0.2, 0.25) is 0 Å². The molecule has 0 bridgehead atoms. The van der Waals surface area contributed by atoms with Crippen LogP contribution in [0.2, 0.25) is 0 Å². The zero-order valence-corrected chi connectivity index (χ0v) is 23.3. The summed E-state index contributed by atoms with van der Waals surface area (Å²) < 4.78 is 27.4. The molecule has 6 N–H and O–H groups in total. The van der Waals surface area contributed by atoms with E-state index in [1.807, 2.05) is 0 Å². The molecule has 214 valence electrons. The molecule has 3 saturated carbocycles. The highest BCUT2D eigenvalue weighted by Gasteiger charge is 2.58. The molecule has 0 amide bonds. The summed E-state index contributed by atoms with van der Waals surface area (Å²) in [5, 5.41) is 13.4. The molecule has 7 heteroatoms. The number of amidine groups is 1. The smallest absolute Gasteiger partial charge is 0.251 e. The number of nitrogens with one attached hydrogen (secondary N) is 2. The number of piperidine rings is 2. The van der Waals surface area contributed by atoms with Crippen LogP contribution < -0.4 is 16.8 Å². The standard InChI is InChI=1S/C31H51F2N5/c32-31(33)18-30(36,19-31)23-13-11-21(12-14-23)28-24(20-7-3-1-4-8-20)17-26-25(37-28)15-16-27(34)38(26)29(35)22-9-5-2-6-10-22/h7,21-28,35,37H,1-6,8-19,34,36H2. The van der Waals surface area contributed by atoms with Crippen molar-refractivity contribution in [2.75, 3.05) is 0 Å². The summed E-state index contributed by atoms with van der Waals surface area (Å²) in [5.74, 6) is -0.0634. The third-order valence-electron chi connectivity index (χ3n) is 11.6. The van der Waals surface area contributed by atoms with Crippen LogP contribution in [-0.2, 0) is 0 Å². The van der Waals surface area contributed by atoms with E-state index in [1.54, 1.807) is 5.57 Å². The lowest BCUT2D eigenvalue weighted by Gasteiger charge is -2.56. The fourth-order valence-electron chi connectivity index (χ4n) is 9.61. The molecular formula is C31H51F2N5. The zero-order valence-electron chi connectivity index (χ0n) is 23.3. The van der Waals surface area contributed by atoms with Crippen LogP contribution in [0.15, 0.2) is 11.6 Å². The molecule has 6 aliphatic rings. The van der Waals surface area contributed by atoms with E-state index in [-0.39, 0.29) is 24.9 Å². The van der Waals surface area contributed by atoms with E-state index in [4.69, 9.17) is 11.5 Å². The molecule has 0 radical (unpaired) electrons. The average molecular weight is 532 g/mol. The molecule has 5 nitrogen and oxygen atoms in total. The number of nitrogens with zero attached hydrogens (tertiary/aromatic N) is 1. The highest BCUT2D eigenvalue weighted by atomic mass is 19.3. The molecule has 0 aromatic rings. The molecule has 0 spiro atoms. The first-order valence-corrected chi connectivity index (χ1v) is 16.0. The van der Waals surface area contributed by atoms with Crippen molar-refractivity contribution in [3.8, 4) is 0 Å². The molecule has 2 heterocycles. The predicted molar refractivity (Wildman–Crippen MR) is 149 cm³/mol. The van der Waals surface area contributed by atoms with Crippen molar-refractivity contribution in [2.24, 2.45) is 35.1 Å². The lowest BCUT2D eigenvalue weighted by molar-refractivity contribution is -0.144. The van der Waals surface area contributed by atoms with Gasteiger partial charge in [-0.15, -0.1) is 0 Å². The van der Waals surface area contributed by atoms with Gasteiger partial charge in [0, 0.05) is 42.4 Å². The molecule has 2 aliphatic heterocycles. The van der Waals surface area contributed by atoms with E-state index in [0.717, 1.165) is 63.6 Å². The van der Waals surface area contributed by atoms with Crippen molar-refractivity contribution in [1.29, 1.82) is 5.41 Å². The van der Waals surface area contributed by atoms with Crippen molar-refractivity contribution >= 4 is 5.84 Å². The first-order valence-electron chi connectivity index (χ1n) is 16.0. The van der Waals surface area contributed by atoms with Crippen LogP contribution in [0.3, 0.4) is 0 Å². The molecule has 0 aromatic carbocycles. The Hall–Kier alpha value is -1.05. The second-order valence-electron chi connectivity index (χ2n) is 14.1. The van der Waals surface area contributed by atoms with Crippen molar-refractivity contribution in [2.45, 2.75) is 151 Å². The minimum atomic E-state index is -2.55. The van der Waals surface area contributed by atoms with Crippen LogP contribution in [0, 0.1) is 29.1 Å². The van der Waals surface area contributed by atoms with Crippen LogP contribution in [-0.4, -0.2) is 46.5 Å². The van der Waals surface area contributed by atoms with Gasteiger partial charge >= 0.3 is 0 Å². The Morgan fingerprint density at radius 2 is 1.68 bits per heavy atom. The third kappa shape index (κ3) is 5.21. The summed E-state index contributed by atoms with van der Waals surface area (Å²) in [6.45, 7) is 0. The molecule has 5 atom stereocenters. The van der Waals surface area contributed by atoms with Gasteiger partial charge in [-0.25, -0.2) is 8.78 Å². The molecule has 4 aliphatic carbocycles. The summed E-state index contributed by atoms with van der Waals surface area (Å²) in [6, 6.07) is 1.13. The molecular weight excluding hydrogens is 480 g/mol. The van der Waals surface area contributed by atoms with E-state index in [1.165, 1.54) is 44.9 Å². The third-order valence-corrected chi connectivity index (χ3v) is 11.6. The number of allylic oxidation sites excluding steroid dienone is 1. The Bertz CT molecular complexity index is 883. The number of nitrogens with two attached hydrogens (primary N) is 2. The lowest BCUT2D eigenvalue weighted by atomic mass is 9.59. The predicted octanol–water partition coefficient (Wildman–Crippen LogP) is 6.07. The van der Waals surface area contributed by atoms with E-state index < -0.39 is 11.5 Å². The summed E-state index contributed by atoms with van der Waals surface area (Å²) >= 11 is 0. The number of fused-ring (bicyclic) bond motifs is 1. The lowest BCUT2D eigenvalue weighted by Crippen LogP contribution is -2.69. The first kappa shape index (κ1) is 27.1. The topological polar surface area (TPSA) is 91.2 Å². The minimum Gasteiger partial charge on any atom is -0.340 e. The van der Waals surface area contributed by atoms with E-state index in [0.29, 0.717) is 35.9 Å². The molecule has 2 saturated heterocycles. The SMILES string of the molecule is N=C(C1CCCCC1)N1C(N)CCC2NC(C3CCC(C4(N)CC(F)(F)C4)CC3)C(C3=CCCCC3)CC21. The molecule has 5 fully saturated rings. The van der Waals surface area contributed by atoms with Crippen LogP contribution in [0.4, 0.5) is 8.78 Å². The van der Waals surface area contributed by atoms with Crippen LogP contribution in [0.1, 0.15) is 116 Å². The van der Waals surface area contributed by atoms with Gasteiger partial charge in [0.15, 0.2) is 0 Å². The number of hydrogen-bond donors (Lipinski definition) is 4. The Morgan fingerprint density at radius 3 is 2.34 bits per heavy atom. The molecule has 5 unspecified atom stereocenters. The van der Waals surface area contributed by atoms with Gasteiger partial charge < -0.3 is 21.7 Å². The fourth-order valence-corrected chi connectivity index (χ4v) is 9.61. The van der Waals surface area contributed by atoms with Crippen molar-refractivity contribution in [3.05, 3.63) is 11.6 Å². The van der Waals surface area contributed by atoms with E-state index in [9.17, 15) is 14.2 Å². The molecule has 6 rings (SSSR count). The highest BCUT2D eigenvalue weighted by molar-refractivity contribution is 5.82. The monoisotopic (exact) mass is 531 g/mol. The second-order valence-corrected chi connectivity index (χ2v) is 14.1. The summed E-state index contributed by atoms with van der Waals surface area (Å²) in [6.07, 6.45) is 20.5. The number of rotatable bonds is 4. The van der Waals surface area contributed by atoms with Gasteiger partial charge in [0.1, 0.15) is 5.84 Å². The maximum absolute atomic E-state index is 13.7. The Labute approximate surface area is 228 Å². The van der Waals surface area contributed by atoms with Crippen molar-refractivity contribution in [3.63, 3.8) is 0 Å². The number of alkyl halides is 2. The maximum atomic E-state index is 13.7. The van der Waals surface area contributed by atoms with Gasteiger partial charge in [0.25, 0.3) is 5.92 Å².